The first-order valence-electron chi connectivity index (χ1n) is 8.19. The minimum atomic E-state index is -4.41. The van der Waals surface area contributed by atoms with Crippen molar-refractivity contribution in [2.75, 3.05) is 32.8 Å². The monoisotopic (exact) mass is 373 g/mol. The van der Waals surface area contributed by atoms with Gasteiger partial charge in [0.05, 0.1) is 23.8 Å². The highest BCUT2D eigenvalue weighted by Gasteiger charge is 2.31. The molecule has 25 heavy (non-hydrogen) atoms. The lowest BCUT2D eigenvalue weighted by atomic mass is 10.1. The van der Waals surface area contributed by atoms with Crippen molar-refractivity contribution in [3.05, 3.63) is 46.7 Å². The summed E-state index contributed by atoms with van der Waals surface area (Å²) in [5.41, 5.74) is -0.479. The van der Waals surface area contributed by atoms with Crippen molar-refractivity contribution < 1.29 is 22.3 Å². The van der Waals surface area contributed by atoms with Gasteiger partial charge in [0.2, 0.25) is 0 Å². The maximum absolute atomic E-state index is 12.9. The standard InChI is InChI=1S/C18H19ClF3NO2/c19-16-5-3-13(18(20,21)22)12-15(16)17-6-4-14(25-17)2-1-7-23-8-10-24-11-9-23/h3-6,12H,1-2,7-11H2. The summed E-state index contributed by atoms with van der Waals surface area (Å²) in [6, 6.07) is 6.72. The zero-order valence-electron chi connectivity index (χ0n) is 13.6. The molecule has 3 rings (SSSR count). The molecule has 1 aromatic carbocycles. The molecule has 7 heteroatoms. The molecule has 1 aromatic heterocycles. The van der Waals surface area contributed by atoms with Crippen LogP contribution in [-0.4, -0.2) is 37.7 Å². The number of nitrogens with zero attached hydrogens (tertiary/aromatic N) is 1. The van der Waals surface area contributed by atoms with Gasteiger partial charge in [-0.05, 0) is 43.3 Å². The van der Waals surface area contributed by atoms with Gasteiger partial charge in [0.25, 0.3) is 0 Å². The van der Waals surface area contributed by atoms with Gasteiger partial charge in [-0.25, -0.2) is 0 Å². The first-order valence-corrected chi connectivity index (χ1v) is 8.57. The summed E-state index contributed by atoms with van der Waals surface area (Å²) >= 11 is 6.05. The van der Waals surface area contributed by atoms with Gasteiger partial charge in [0.15, 0.2) is 0 Å². The Hall–Kier alpha value is -1.50. The number of halogens is 4. The van der Waals surface area contributed by atoms with Gasteiger partial charge in [-0.3, -0.25) is 4.90 Å². The van der Waals surface area contributed by atoms with E-state index in [0.717, 1.165) is 63.6 Å². The average molecular weight is 374 g/mol. The number of alkyl halides is 3. The Labute approximate surface area is 149 Å². The Morgan fingerprint density at radius 3 is 2.56 bits per heavy atom. The molecule has 0 amide bonds. The van der Waals surface area contributed by atoms with E-state index in [0.29, 0.717) is 5.76 Å². The lowest BCUT2D eigenvalue weighted by Crippen LogP contribution is -2.36. The van der Waals surface area contributed by atoms with Gasteiger partial charge in [0.1, 0.15) is 11.5 Å². The Morgan fingerprint density at radius 1 is 1.08 bits per heavy atom. The van der Waals surface area contributed by atoms with Crippen molar-refractivity contribution in [3.8, 4) is 11.3 Å². The summed E-state index contributed by atoms with van der Waals surface area (Å²) in [5.74, 6) is 1.11. The molecule has 1 saturated heterocycles. The molecule has 1 aliphatic rings. The van der Waals surface area contributed by atoms with Crippen molar-refractivity contribution in [1.29, 1.82) is 0 Å². The molecule has 3 nitrogen and oxygen atoms in total. The second-order valence-electron chi connectivity index (χ2n) is 6.02. The van der Waals surface area contributed by atoms with Crippen LogP contribution in [0, 0.1) is 0 Å². The van der Waals surface area contributed by atoms with Crippen molar-refractivity contribution in [1.82, 2.24) is 4.90 Å². The molecule has 0 radical (unpaired) electrons. The SMILES string of the molecule is FC(F)(F)c1ccc(Cl)c(-c2ccc(CCCN3CCOCC3)o2)c1. The highest BCUT2D eigenvalue weighted by Crippen LogP contribution is 2.36. The second kappa shape index (κ2) is 7.81. The number of ether oxygens (including phenoxy) is 1. The van der Waals surface area contributed by atoms with Crippen LogP contribution in [0.4, 0.5) is 13.2 Å². The number of aryl methyl sites for hydroxylation is 1. The van der Waals surface area contributed by atoms with E-state index in [4.69, 9.17) is 20.8 Å². The fraction of sp³-hybridized carbons (Fsp3) is 0.444. The third kappa shape index (κ3) is 4.77. The summed E-state index contributed by atoms with van der Waals surface area (Å²) in [4.78, 5) is 2.33. The molecule has 1 aliphatic heterocycles. The van der Waals surface area contributed by atoms with E-state index >= 15 is 0 Å². The fourth-order valence-electron chi connectivity index (χ4n) is 2.85. The average Bonchev–Trinajstić information content (AvgIpc) is 3.04. The molecule has 0 saturated carbocycles. The molecule has 0 aliphatic carbocycles. The minimum Gasteiger partial charge on any atom is -0.461 e. The van der Waals surface area contributed by atoms with Crippen LogP contribution < -0.4 is 0 Å². The number of benzene rings is 1. The molecule has 0 unspecified atom stereocenters. The van der Waals surface area contributed by atoms with Gasteiger partial charge in [-0.1, -0.05) is 11.6 Å². The van der Waals surface area contributed by atoms with Gasteiger partial charge in [0, 0.05) is 25.1 Å². The number of rotatable bonds is 5. The zero-order valence-corrected chi connectivity index (χ0v) is 14.4. The van der Waals surface area contributed by atoms with Gasteiger partial charge in [-0.15, -0.1) is 0 Å². The third-order valence-corrected chi connectivity index (χ3v) is 4.55. The molecule has 136 valence electrons. The summed E-state index contributed by atoms with van der Waals surface area (Å²) in [6.07, 6.45) is -2.76. The number of furan rings is 1. The number of hydrogen-bond donors (Lipinski definition) is 0. The van der Waals surface area contributed by atoms with Crippen LogP contribution in [0.1, 0.15) is 17.7 Å². The largest absolute Gasteiger partial charge is 0.461 e. The normalized spacial score (nSPS) is 16.3. The van der Waals surface area contributed by atoms with Crippen molar-refractivity contribution in [3.63, 3.8) is 0 Å². The first kappa shape index (κ1) is 18.3. The predicted molar refractivity (Wildman–Crippen MR) is 89.7 cm³/mol. The van der Waals surface area contributed by atoms with Gasteiger partial charge in [-0.2, -0.15) is 13.2 Å². The third-order valence-electron chi connectivity index (χ3n) is 4.22. The molecule has 0 N–H and O–H groups in total. The van der Waals surface area contributed by atoms with Crippen LogP contribution in [0.5, 0.6) is 0 Å². The Bertz CT molecular complexity index is 709. The van der Waals surface area contributed by atoms with Crippen LogP contribution in [0.2, 0.25) is 5.02 Å². The van der Waals surface area contributed by atoms with Crippen LogP contribution in [0.3, 0.4) is 0 Å². The van der Waals surface area contributed by atoms with E-state index in [1.807, 2.05) is 0 Å². The van der Waals surface area contributed by atoms with Crippen LogP contribution in [0.25, 0.3) is 11.3 Å². The first-order chi connectivity index (χ1) is 11.9. The Balaban J connectivity index is 1.64. The maximum atomic E-state index is 12.9. The maximum Gasteiger partial charge on any atom is 0.416 e. The van der Waals surface area contributed by atoms with Gasteiger partial charge >= 0.3 is 6.18 Å². The quantitative estimate of drug-likeness (QED) is 0.746. The summed E-state index contributed by atoms with van der Waals surface area (Å²) in [6.45, 7) is 4.34. The lowest BCUT2D eigenvalue weighted by molar-refractivity contribution is -0.137. The summed E-state index contributed by atoms with van der Waals surface area (Å²) in [5, 5.41) is 0.238. The highest BCUT2D eigenvalue weighted by atomic mass is 35.5. The number of hydrogen-bond acceptors (Lipinski definition) is 3. The molecular formula is C18H19ClF3NO2. The van der Waals surface area contributed by atoms with E-state index in [9.17, 15) is 13.2 Å². The van der Waals surface area contributed by atoms with Crippen LogP contribution in [-0.2, 0) is 17.3 Å². The zero-order chi connectivity index (χ0) is 17.9. The molecule has 0 spiro atoms. The van der Waals surface area contributed by atoms with E-state index in [1.54, 1.807) is 12.1 Å². The summed E-state index contributed by atoms with van der Waals surface area (Å²) in [7, 11) is 0. The topological polar surface area (TPSA) is 25.6 Å². The highest BCUT2D eigenvalue weighted by molar-refractivity contribution is 6.33. The van der Waals surface area contributed by atoms with E-state index < -0.39 is 11.7 Å². The summed E-state index contributed by atoms with van der Waals surface area (Å²) < 4.78 is 49.7. The predicted octanol–water partition coefficient (Wildman–Crippen LogP) is 4.88. The molecule has 2 heterocycles. The smallest absolute Gasteiger partial charge is 0.416 e. The number of morpholine rings is 1. The van der Waals surface area contributed by atoms with Gasteiger partial charge < -0.3 is 9.15 Å². The minimum absolute atomic E-state index is 0.238. The molecule has 0 atom stereocenters. The molecule has 1 fully saturated rings. The second-order valence-corrected chi connectivity index (χ2v) is 6.42. The van der Waals surface area contributed by atoms with Crippen LogP contribution in [0.15, 0.2) is 34.7 Å². The Morgan fingerprint density at radius 2 is 1.84 bits per heavy atom. The van der Waals surface area contributed by atoms with Crippen molar-refractivity contribution >= 4 is 11.6 Å². The molecule has 0 bridgehead atoms. The molecule has 2 aromatic rings. The van der Waals surface area contributed by atoms with Crippen molar-refractivity contribution in [2.24, 2.45) is 0 Å². The van der Waals surface area contributed by atoms with Crippen LogP contribution >= 0.6 is 11.6 Å². The fourth-order valence-corrected chi connectivity index (χ4v) is 3.06. The van der Waals surface area contributed by atoms with Crippen molar-refractivity contribution in [2.45, 2.75) is 19.0 Å². The molecular weight excluding hydrogens is 355 g/mol. The van der Waals surface area contributed by atoms with E-state index in [1.165, 1.54) is 6.07 Å². The van der Waals surface area contributed by atoms with E-state index in [2.05, 4.69) is 4.90 Å². The van der Waals surface area contributed by atoms with E-state index in [-0.39, 0.29) is 10.6 Å². The Kier molecular flexibility index (Phi) is 5.71. The lowest BCUT2D eigenvalue weighted by Gasteiger charge is -2.26.